The van der Waals surface area contributed by atoms with Gasteiger partial charge in [0.15, 0.2) is 5.82 Å². The SMILES string of the molecule is CN(Cc1ccnnc1)C1CN(c2ccc(C(C)(C)C)nn2)C1. The Labute approximate surface area is 137 Å². The van der Waals surface area contributed by atoms with Crippen molar-refractivity contribution < 1.29 is 0 Å². The van der Waals surface area contributed by atoms with E-state index in [1.165, 1.54) is 5.56 Å². The van der Waals surface area contributed by atoms with Gasteiger partial charge in [0.05, 0.1) is 11.9 Å². The van der Waals surface area contributed by atoms with Crippen LogP contribution in [-0.2, 0) is 12.0 Å². The topological polar surface area (TPSA) is 58.0 Å². The van der Waals surface area contributed by atoms with Gasteiger partial charge in [0.25, 0.3) is 0 Å². The number of hydrogen-bond acceptors (Lipinski definition) is 6. The van der Waals surface area contributed by atoms with E-state index in [9.17, 15) is 0 Å². The molecule has 1 saturated heterocycles. The molecule has 1 aliphatic heterocycles. The molecule has 1 aliphatic rings. The molecule has 0 spiro atoms. The average Bonchev–Trinajstić information content (AvgIpc) is 2.46. The van der Waals surface area contributed by atoms with Crippen molar-refractivity contribution in [1.82, 2.24) is 25.3 Å². The molecule has 0 bridgehead atoms. The van der Waals surface area contributed by atoms with Crippen LogP contribution in [0.5, 0.6) is 0 Å². The van der Waals surface area contributed by atoms with Crippen molar-refractivity contribution in [1.29, 1.82) is 0 Å². The number of hydrogen-bond donors (Lipinski definition) is 0. The van der Waals surface area contributed by atoms with Gasteiger partial charge in [-0.2, -0.15) is 15.3 Å². The van der Waals surface area contributed by atoms with E-state index in [2.05, 4.69) is 70.1 Å². The van der Waals surface area contributed by atoms with Gasteiger partial charge in [0.1, 0.15) is 0 Å². The van der Waals surface area contributed by atoms with Gasteiger partial charge >= 0.3 is 0 Å². The first-order chi connectivity index (χ1) is 10.9. The average molecular weight is 312 g/mol. The van der Waals surface area contributed by atoms with Crippen LogP contribution in [0.15, 0.2) is 30.6 Å². The van der Waals surface area contributed by atoms with E-state index in [4.69, 9.17) is 0 Å². The number of anilines is 1. The van der Waals surface area contributed by atoms with Crippen molar-refractivity contribution >= 4 is 5.82 Å². The zero-order chi connectivity index (χ0) is 16.4. The highest BCUT2D eigenvalue weighted by Gasteiger charge is 2.31. The molecule has 1 fully saturated rings. The fraction of sp³-hybridized carbons (Fsp3) is 0.529. The summed E-state index contributed by atoms with van der Waals surface area (Å²) in [6, 6.07) is 6.71. The molecular weight excluding hydrogens is 288 g/mol. The quantitative estimate of drug-likeness (QED) is 0.859. The molecule has 0 aromatic carbocycles. The minimum atomic E-state index is 0.0435. The monoisotopic (exact) mass is 312 g/mol. The molecule has 6 nitrogen and oxygen atoms in total. The molecule has 0 aliphatic carbocycles. The van der Waals surface area contributed by atoms with Crippen molar-refractivity contribution in [3.63, 3.8) is 0 Å². The summed E-state index contributed by atoms with van der Waals surface area (Å²) in [5, 5.41) is 16.5. The summed E-state index contributed by atoms with van der Waals surface area (Å²) in [6.45, 7) is 9.32. The lowest BCUT2D eigenvalue weighted by atomic mass is 9.92. The van der Waals surface area contributed by atoms with Crippen molar-refractivity contribution in [2.45, 2.75) is 38.8 Å². The minimum absolute atomic E-state index is 0.0435. The van der Waals surface area contributed by atoms with Gasteiger partial charge in [-0.3, -0.25) is 4.90 Å². The largest absolute Gasteiger partial charge is 0.352 e. The van der Waals surface area contributed by atoms with E-state index >= 15 is 0 Å². The van der Waals surface area contributed by atoms with Crippen molar-refractivity contribution in [3.8, 4) is 0 Å². The molecule has 2 aromatic heterocycles. The summed E-state index contributed by atoms with van der Waals surface area (Å²) in [4.78, 5) is 4.62. The van der Waals surface area contributed by atoms with Crippen LogP contribution in [0.1, 0.15) is 32.0 Å². The standard InChI is InChI=1S/C17H24N6/c1-17(2,3)15-5-6-16(21-20-15)23-11-14(12-23)22(4)10-13-7-8-18-19-9-13/h5-9,14H,10-12H2,1-4H3. The zero-order valence-electron chi connectivity index (χ0n) is 14.3. The van der Waals surface area contributed by atoms with Crippen LogP contribution >= 0.6 is 0 Å². The number of aromatic nitrogens is 4. The lowest BCUT2D eigenvalue weighted by Crippen LogP contribution is -2.58. The molecule has 0 saturated carbocycles. The van der Waals surface area contributed by atoms with Gasteiger partial charge in [0, 0.05) is 37.3 Å². The summed E-state index contributed by atoms with van der Waals surface area (Å²) >= 11 is 0. The fourth-order valence-electron chi connectivity index (χ4n) is 2.64. The minimum Gasteiger partial charge on any atom is -0.352 e. The normalized spacial score (nSPS) is 15.8. The zero-order valence-corrected chi connectivity index (χ0v) is 14.3. The van der Waals surface area contributed by atoms with E-state index in [-0.39, 0.29) is 5.41 Å². The molecule has 0 atom stereocenters. The van der Waals surface area contributed by atoms with Gasteiger partial charge in [0.2, 0.25) is 0 Å². The maximum Gasteiger partial charge on any atom is 0.151 e. The third-order valence-corrected chi connectivity index (χ3v) is 4.31. The Hall–Kier alpha value is -2.08. The molecule has 6 heteroatoms. The lowest BCUT2D eigenvalue weighted by Gasteiger charge is -2.44. The van der Waals surface area contributed by atoms with Gasteiger partial charge in [-0.25, -0.2) is 0 Å². The van der Waals surface area contributed by atoms with Crippen LogP contribution in [0.3, 0.4) is 0 Å². The second kappa shape index (κ2) is 6.20. The first-order valence-corrected chi connectivity index (χ1v) is 7.98. The summed E-state index contributed by atoms with van der Waals surface area (Å²) < 4.78 is 0. The van der Waals surface area contributed by atoms with Gasteiger partial charge in [-0.15, -0.1) is 5.10 Å². The molecule has 0 N–H and O–H groups in total. The van der Waals surface area contributed by atoms with Crippen LogP contribution < -0.4 is 4.90 Å². The predicted octanol–water partition coefficient (Wildman–Crippen LogP) is 1.88. The third kappa shape index (κ3) is 3.64. The van der Waals surface area contributed by atoms with Crippen LogP contribution in [0.2, 0.25) is 0 Å². The maximum atomic E-state index is 4.38. The van der Waals surface area contributed by atoms with E-state index in [0.29, 0.717) is 6.04 Å². The number of rotatable bonds is 4. The van der Waals surface area contributed by atoms with Crippen molar-refractivity contribution in [2.24, 2.45) is 0 Å². The number of nitrogens with zero attached hydrogens (tertiary/aromatic N) is 6. The second-order valence-corrected chi connectivity index (χ2v) is 7.25. The molecule has 0 unspecified atom stereocenters. The van der Waals surface area contributed by atoms with E-state index < -0.39 is 0 Å². The highest BCUT2D eigenvalue weighted by molar-refractivity contribution is 5.42. The van der Waals surface area contributed by atoms with Crippen molar-refractivity contribution in [3.05, 3.63) is 41.9 Å². The molecule has 3 rings (SSSR count). The Morgan fingerprint density at radius 1 is 1.13 bits per heavy atom. The Morgan fingerprint density at radius 2 is 1.91 bits per heavy atom. The van der Waals surface area contributed by atoms with Gasteiger partial charge < -0.3 is 4.90 Å². The molecule has 3 heterocycles. The van der Waals surface area contributed by atoms with Crippen LogP contribution in [0.4, 0.5) is 5.82 Å². The highest BCUT2D eigenvalue weighted by Crippen LogP contribution is 2.24. The Balaban J connectivity index is 1.54. The van der Waals surface area contributed by atoms with Crippen LogP contribution in [-0.4, -0.2) is 51.5 Å². The molecule has 2 aromatic rings. The molecule has 122 valence electrons. The maximum absolute atomic E-state index is 4.38. The summed E-state index contributed by atoms with van der Waals surface area (Å²) in [5.74, 6) is 0.966. The van der Waals surface area contributed by atoms with Crippen LogP contribution in [0.25, 0.3) is 0 Å². The van der Waals surface area contributed by atoms with Gasteiger partial charge in [-0.1, -0.05) is 20.8 Å². The van der Waals surface area contributed by atoms with E-state index in [0.717, 1.165) is 31.1 Å². The lowest BCUT2D eigenvalue weighted by molar-refractivity contribution is 0.196. The summed E-state index contributed by atoms with van der Waals surface area (Å²) in [5.41, 5.74) is 2.26. The smallest absolute Gasteiger partial charge is 0.151 e. The fourth-order valence-corrected chi connectivity index (χ4v) is 2.64. The molecular formula is C17H24N6. The third-order valence-electron chi connectivity index (χ3n) is 4.31. The van der Waals surface area contributed by atoms with Crippen LogP contribution in [0, 0.1) is 0 Å². The Morgan fingerprint density at radius 3 is 2.48 bits per heavy atom. The number of likely N-dealkylation sites (N-methyl/N-ethyl adjacent to an activating group) is 1. The Kier molecular flexibility index (Phi) is 4.26. The highest BCUT2D eigenvalue weighted by atomic mass is 15.4. The van der Waals surface area contributed by atoms with Gasteiger partial charge in [-0.05, 0) is 30.8 Å². The first-order valence-electron chi connectivity index (χ1n) is 7.98. The van der Waals surface area contributed by atoms with E-state index in [1.54, 1.807) is 6.20 Å². The van der Waals surface area contributed by atoms with Crippen molar-refractivity contribution in [2.75, 3.05) is 25.0 Å². The summed E-state index contributed by atoms with van der Waals surface area (Å²) in [6.07, 6.45) is 3.56. The molecule has 0 radical (unpaired) electrons. The second-order valence-electron chi connectivity index (χ2n) is 7.25. The molecule has 23 heavy (non-hydrogen) atoms. The summed E-state index contributed by atoms with van der Waals surface area (Å²) in [7, 11) is 2.15. The van der Waals surface area contributed by atoms with E-state index in [1.807, 2.05) is 12.3 Å². The molecule has 0 amide bonds. The predicted molar refractivity (Wildman–Crippen MR) is 90.2 cm³/mol. The Bertz CT molecular complexity index is 628. The first kappa shape index (κ1) is 15.8.